The Morgan fingerprint density at radius 1 is 1.16 bits per heavy atom. The highest BCUT2D eigenvalue weighted by atomic mass is 79.9. The number of carbonyl (C=O) groups excluding carboxylic acids is 3. The molecule has 0 aliphatic heterocycles. The molecule has 2 heterocycles. The van der Waals surface area contributed by atoms with Gasteiger partial charge in [0, 0.05) is 21.3 Å². The predicted octanol–water partition coefficient (Wildman–Crippen LogP) is 4.78. The summed E-state index contributed by atoms with van der Waals surface area (Å²) in [5.74, 6) is -1.01. The molecule has 0 bridgehead atoms. The van der Waals surface area contributed by atoms with E-state index in [2.05, 4.69) is 68.4 Å². The quantitative estimate of drug-likeness (QED) is 0.406. The summed E-state index contributed by atoms with van der Waals surface area (Å²) in [6.07, 6.45) is 3.10. The van der Waals surface area contributed by atoms with Gasteiger partial charge in [0.1, 0.15) is 10.4 Å². The van der Waals surface area contributed by atoms with Crippen LogP contribution in [0.4, 0.5) is 5.69 Å². The van der Waals surface area contributed by atoms with E-state index < -0.39 is 11.8 Å². The van der Waals surface area contributed by atoms with Gasteiger partial charge < -0.3 is 10.6 Å². The molecule has 0 aliphatic rings. The van der Waals surface area contributed by atoms with E-state index in [0.29, 0.717) is 24.4 Å². The van der Waals surface area contributed by atoms with Crippen LogP contribution in [-0.2, 0) is 4.79 Å². The van der Waals surface area contributed by atoms with Crippen molar-refractivity contribution in [1.29, 1.82) is 0 Å². The third-order valence-corrected chi connectivity index (χ3v) is 5.64. The number of Topliss-reactive ketones (excluding diaryl/α,β-unsaturated/α-hetero) is 1. The van der Waals surface area contributed by atoms with Crippen molar-refractivity contribution in [1.82, 2.24) is 19.9 Å². The molecule has 2 aromatic heterocycles. The molecule has 0 saturated heterocycles. The minimum Gasteiger partial charge on any atom is -0.345 e. The summed E-state index contributed by atoms with van der Waals surface area (Å²) in [6, 6.07) is 6.52. The second kappa shape index (κ2) is 10.0. The molecular weight excluding hydrogens is 621 g/mol. The van der Waals surface area contributed by atoms with Gasteiger partial charge in [0.2, 0.25) is 5.82 Å². The van der Waals surface area contributed by atoms with Crippen LogP contribution in [0.2, 0.25) is 5.02 Å². The monoisotopic (exact) mass is 631 g/mol. The summed E-state index contributed by atoms with van der Waals surface area (Å²) in [7, 11) is 0. The van der Waals surface area contributed by atoms with Crippen LogP contribution < -0.4 is 10.6 Å². The first-order valence-electron chi connectivity index (χ1n) is 8.61. The number of nitrogens with zero attached hydrogens (tertiary/aromatic N) is 3. The van der Waals surface area contributed by atoms with Gasteiger partial charge in [0.05, 0.1) is 22.8 Å². The van der Waals surface area contributed by atoms with Crippen molar-refractivity contribution in [3.63, 3.8) is 0 Å². The topological polar surface area (TPSA) is 106 Å². The molecule has 0 saturated carbocycles. The van der Waals surface area contributed by atoms with E-state index in [0.717, 1.165) is 0 Å². The van der Waals surface area contributed by atoms with Crippen molar-refractivity contribution in [2.45, 2.75) is 6.92 Å². The molecular formula is C19H13Br3ClN5O3. The smallest absolute Gasteiger partial charge is 0.292 e. The van der Waals surface area contributed by atoms with E-state index in [-0.39, 0.29) is 29.4 Å². The standard InChI is InChI=1S/C19H13Br3ClN5O3/c1-9(29)7-25-18(30)11-5-10(20)6-12(21)15(11)27-19(31)17-26-14(22)8-28(17)16-13(23)3-2-4-24-16/h2-6,8H,7H2,1H3,(H,25,30)(H,27,31). The molecule has 3 rings (SSSR count). The first-order chi connectivity index (χ1) is 14.7. The Morgan fingerprint density at radius 3 is 2.58 bits per heavy atom. The highest BCUT2D eigenvalue weighted by molar-refractivity contribution is 9.11. The van der Waals surface area contributed by atoms with Crippen molar-refractivity contribution in [2.24, 2.45) is 0 Å². The van der Waals surface area contributed by atoms with Gasteiger partial charge in [-0.2, -0.15) is 0 Å². The highest BCUT2D eigenvalue weighted by Crippen LogP contribution is 2.32. The number of amides is 2. The van der Waals surface area contributed by atoms with E-state index in [1.54, 1.807) is 30.6 Å². The highest BCUT2D eigenvalue weighted by Gasteiger charge is 2.23. The van der Waals surface area contributed by atoms with Crippen LogP contribution in [-0.4, -0.2) is 38.7 Å². The normalized spacial score (nSPS) is 10.6. The summed E-state index contributed by atoms with van der Waals surface area (Å²) in [6.45, 7) is 1.23. The number of nitrogens with one attached hydrogen (secondary N) is 2. The van der Waals surface area contributed by atoms with Crippen molar-refractivity contribution in [2.75, 3.05) is 11.9 Å². The lowest BCUT2D eigenvalue weighted by atomic mass is 10.1. The number of imidazole rings is 1. The van der Waals surface area contributed by atoms with E-state index in [4.69, 9.17) is 11.6 Å². The molecule has 12 heteroatoms. The Kier molecular flexibility index (Phi) is 7.63. The summed E-state index contributed by atoms with van der Waals surface area (Å²) >= 11 is 16.2. The maximum Gasteiger partial charge on any atom is 0.292 e. The van der Waals surface area contributed by atoms with Crippen LogP contribution >= 0.6 is 59.4 Å². The summed E-state index contributed by atoms with van der Waals surface area (Å²) in [4.78, 5) is 45.4. The molecule has 3 aromatic rings. The van der Waals surface area contributed by atoms with Crippen LogP contribution in [0.25, 0.3) is 5.82 Å². The Morgan fingerprint density at radius 2 is 1.90 bits per heavy atom. The lowest BCUT2D eigenvalue weighted by Crippen LogP contribution is -2.29. The number of pyridine rings is 1. The molecule has 160 valence electrons. The molecule has 8 nitrogen and oxygen atoms in total. The molecule has 1 aromatic carbocycles. The average molecular weight is 635 g/mol. The molecule has 0 radical (unpaired) electrons. The number of benzene rings is 1. The lowest BCUT2D eigenvalue weighted by Gasteiger charge is -2.14. The minimum atomic E-state index is -0.601. The number of aromatic nitrogens is 3. The SMILES string of the molecule is CC(=O)CNC(=O)c1cc(Br)cc(Br)c1NC(=O)c1nc(Br)cn1-c1ncccc1Cl. The van der Waals surface area contributed by atoms with E-state index >= 15 is 0 Å². The maximum absolute atomic E-state index is 13.1. The van der Waals surface area contributed by atoms with E-state index in [1.807, 2.05) is 0 Å². The number of anilines is 1. The lowest BCUT2D eigenvalue weighted by molar-refractivity contribution is -0.116. The fourth-order valence-electron chi connectivity index (χ4n) is 2.58. The maximum atomic E-state index is 13.1. The fourth-order valence-corrected chi connectivity index (χ4v) is 4.49. The Labute approximate surface area is 207 Å². The third kappa shape index (κ3) is 5.59. The third-order valence-electron chi connectivity index (χ3n) is 3.88. The molecule has 0 unspecified atom stereocenters. The van der Waals surface area contributed by atoms with Gasteiger partial charge in [0.15, 0.2) is 5.82 Å². The van der Waals surface area contributed by atoms with Gasteiger partial charge in [-0.05, 0) is 63.0 Å². The van der Waals surface area contributed by atoms with E-state index in [1.165, 1.54) is 17.6 Å². The predicted molar refractivity (Wildman–Crippen MR) is 127 cm³/mol. The Bertz CT molecular complexity index is 1200. The second-order valence-electron chi connectivity index (χ2n) is 6.22. The molecule has 0 fully saturated rings. The zero-order chi connectivity index (χ0) is 22.7. The number of halogens is 4. The van der Waals surface area contributed by atoms with Crippen LogP contribution in [0.15, 0.2) is 50.2 Å². The van der Waals surface area contributed by atoms with Crippen LogP contribution in [0.1, 0.15) is 27.9 Å². The number of hydrogen-bond acceptors (Lipinski definition) is 5. The van der Waals surface area contributed by atoms with Gasteiger partial charge in [-0.25, -0.2) is 9.97 Å². The van der Waals surface area contributed by atoms with Crippen molar-refractivity contribution < 1.29 is 14.4 Å². The van der Waals surface area contributed by atoms with Gasteiger partial charge >= 0.3 is 0 Å². The number of hydrogen-bond donors (Lipinski definition) is 2. The van der Waals surface area contributed by atoms with Gasteiger partial charge in [-0.1, -0.05) is 27.5 Å². The van der Waals surface area contributed by atoms with Crippen molar-refractivity contribution in [3.05, 3.63) is 66.6 Å². The Hall–Kier alpha value is -2.08. The van der Waals surface area contributed by atoms with E-state index in [9.17, 15) is 14.4 Å². The number of rotatable bonds is 6. The van der Waals surface area contributed by atoms with Crippen LogP contribution in [0.5, 0.6) is 0 Å². The molecule has 0 atom stereocenters. The minimum absolute atomic E-state index is 0.00242. The van der Waals surface area contributed by atoms with Gasteiger partial charge in [0.25, 0.3) is 11.8 Å². The average Bonchev–Trinajstić information content (AvgIpc) is 3.09. The second-order valence-corrected chi connectivity index (χ2v) is 9.20. The molecule has 31 heavy (non-hydrogen) atoms. The molecule has 2 N–H and O–H groups in total. The largest absolute Gasteiger partial charge is 0.345 e. The van der Waals surface area contributed by atoms with Crippen LogP contribution in [0, 0.1) is 0 Å². The number of carbonyl (C=O) groups is 3. The number of ketones is 1. The Balaban J connectivity index is 1.99. The van der Waals surface area contributed by atoms with Gasteiger partial charge in [-0.3, -0.25) is 19.0 Å². The zero-order valence-corrected chi connectivity index (χ0v) is 21.3. The summed E-state index contributed by atoms with van der Waals surface area (Å²) in [5, 5.41) is 5.55. The first-order valence-corrected chi connectivity index (χ1v) is 11.4. The summed E-state index contributed by atoms with van der Waals surface area (Å²) in [5.41, 5.74) is 0.371. The molecule has 0 aliphatic carbocycles. The fraction of sp³-hybridized carbons (Fsp3) is 0.105. The first kappa shape index (κ1) is 23.6. The molecule has 2 amide bonds. The molecule has 0 spiro atoms. The van der Waals surface area contributed by atoms with Crippen LogP contribution in [0.3, 0.4) is 0 Å². The van der Waals surface area contributed by atoms with Gasteiger partial charge in [-0.15, -0.1) is 0 Å². The zero-order valence-electron chi connectivity index (χ0n) is 15.7. The van der Waals surface area contributed by atoms with Crippen molar-refractivity contribution >= 4 is 82.7 Å². The van der Waals surface area contributed by atoms with Crippen molar-refractivity contribution in [3.8, 4) is 5.82 Å². The summed E-state index contributed by atoms with van der Waals surface area (Å²) < 4.78 is 2.89.